The number of ether oxygens (including phenoxy) is 1. The number of carboxylic acids is 1. The van der Waals surface area contributed by atoms with Gasteiger partial charge in [0.25, 0.3) is 0 Å². The molecule has 0 aliphatic heterocycles. The van der Waals surface area contributed by atoms with Crippen molar-refractivity contribution in [3.05, 3.63) is 52.8 Å². The fourth-order valence-electron chi connectivity index (χ4n) is 4.80. The predicted octanol–water partition coefficient (Wildman–Crippen LogP) is 4.27. The van der Waals surface area contributed by atoms with Gasteiger partial charge in [-0.1, -0.05) is 13.8 Å². The zero-order valence-corrected chi connectivity index (χ0v) is 21.2. The second kappa shape index (κ2) is 9.99. The van der Waals surface area contributed by atoms with Crippen molar-refractivity contribution in [3.8, 4) is 10.6 Å². The van der Waals surface area contributed by atoms with E-state index in [2.05, 4.69) is 20.3 Å². The first-order chi connectivity index (χ1) is 17.3. The smallest absolute Gasteiger partial charge is 0.416 e. The number of anilines is 2. The molecule has 0 spiro atoms. The molecule has 2 atom stereocenters. The lowest BCUT2D eigenvalue weighted by Crippen LogP contribution is -2.48. The zero-order chi connectivity index (χ0) is 27.0. The Morgan fingerprint density at radius 2 is 2.03 bits per heavy atom. The Morgan fingerprint density at radius 1 is 1.27 bits per heavy atom. The zero-order valence-electron chi connectivity index (χ0n) is 20.4. The highest BCUT2D eigenvalue weighted by Crippen LogP contribution is 2.50. The summed E-state index contributed by atoms with van der Waals surface area (Å²) in [7, 11) is 1.52. The molecule has 12 heteroatoms. The minimum absolute atomic E-state index is 0.0194. The monoisotopic (exact) mass is 535 g/mol. The first-order valence-corrected chi connectivity index (χ1v) is 12.3. The summed E-state index contributed by atoms with van der Waals surface area (Å²) >= 11 is 1.23. The molecule has 37 heavy (non-hydrogen) atoms. The van der Waals surface area contributed by atoms with Crippen LogP contribution in [0.1, 0.15) is 49.2 Å². The van der Waals surface area contributed by atoms with Crippen molar-refractivity contribution >= 4 is 28.9 Å². The summed E-state index contributed by atoms with van der Waals surface area (Å²) in [5.41, 5.74) is -1.63. The number of nitrogens with one attached hydrogen (secondary N) is 1. The highest BCUT2D eigenvalue weighted by atomic mass is 32.1. The number of hydrogen-bond acceptors (Lipinski definition) is 9. The van der Waals surface area contributed by atoms with Gasteiger partial charge >= 0.3 is 6.18 Å². The van der Waals surface area contributed by atoms with Crippen molar-refractivity contribution in [1.29, 1.82) is 0 Å². The van der Waals surface area contributed by atoms with Crippen molar-refractivity contribution in [2.75, 3.05) is 12.4 Å². The Balaban J connectivity index is 1.63. The Kier molecular flexibility index (Phi) is 7.28. The summed E-state index contributed by atoms with van der Waals surface area (Å²) in [5.74, 6) is -1.55. The SMILES string of the molecule is COCc1cc(Nc2cc(C(F)(F)F)ccn2)nc(-c2cnc([C@@]3(O)CC[C@H](C(=O)[O-])C(C)(C)C3)s2)c1. The lowest BCUT2D eigenvalue weighted by Gasteiger charge is -2.46. The molecule has 8 nitrogen and oxygen atoms in total. The van der Waals surface area contributed by atoms with E-state index in [1.807, 2.05) is 0 Å². The Bertz CT molecular complexity index is 1300. The summed E-state index contributed by atoms with van der Waals surface area (Å²) in [5, 5.41) is 26.2. The van der Waals surface area contributed by atoms with E-state index >= 15 is 0 Å². The molecule has 3 aromatic rings. The van der Waals surface area contributed by atoms with E-state index in [0.29, 0.717) is 21.1 Å². The van der Waals surface area contributed by atoms with E-state index in [0.717, 1.165) is 18.3 Å². The molecule has 0 radical (unpaired) electrons. The number of aliphatic carboxylic acids is 1. The summed E-state index contributed by atoms with van der Waals surface area (Å²) in [6, 6.07) is 5.20. The van der Waals surface area contributed by atoms with Gasteiger partial charge < -0.3 is 25.1 Å². The molecule has 198 valence electrons. The van der Waals surface area contributed by atoms with Crippen LogP contribution in [0.25, 0.3) is 10.6 Å². The van der Waals surface area contributed by atoms with Crippen molar-refractivity contribution in [3.63, 3.8) is 0 Å². The summed E-state index contributed by atoms with van der Waals surface area (Å²) in [6.07, 6.45) is -1.17. The van der Waals surface area contributed by atoms with E-state index < -0.39 is 34.6 Å². The molecule has 0 amide bonds. The van der Waals surface area contributed by atoms with Crippen LogP contribution in [-0.4, -0.2) is 33.1 Å². The van der Waals surface area contributed by atoms with Gasteiger partial charge in [-0.3, -0.25) is 0 Å². The third-order valence-corrected chi connectivity index (χ3v) is 7.73. The van der Waals surface area contributed by atoms with Crippen LogP contribution in [0, 0.1) is 11.3 Å². The van der Waals surface area contributed by atoms with Crippen LogP contribution < -0.4 is 10.4 Å². The van der Waals surface area contributed by atoms with E-state index in [4.69, 9.17) is 4.74 Å². The normalized spacial score (nSPS) is 21.5. The highest BCUT2D eigenvalue weighted by molar-refractivity contribution is 7.15. The van der Waals surface area contributed by atoms with Crippen LogP contribution in [0.5, 0.6) is 0 Å². The molecule has 0 aromatic carbocycles. The number of carbonyl (C=O) groups excluding carboxylic acids is 1. The molecule has 3 heterocycles. The number of rotatable bonds is 7. The summed E-state index contributed by atoms with van der Waals surface area (Å²) < 4.78 is 44.6. The fraction of sp³-hybridized carbons (Fsp3) is 0.440. The fourth-order valence-corrected chi connectivity index (χ4v) is 5.79. The van der Waals surface area contributed by atoms with Crippen LogP contribution in [0.4, 0.5) is 24.8 Å². The molecule has 1 aliphatic rings. The van der Waals surface area contributed by atoms with Gasteiger partial charge in [0.1, 0.15) is 22.2 Å². The minimum atomic E-state index is -4.51. The van der Waals surface area contributed by atoms with E-state index in [1.54, 1.807) is 32.2 Å². The average Bonchev–Trinajstić information content (AvgIpc) is 3.29. The maximum absolute atomic E-state index is 13.1. The standard InChI is InChI=1S/C25H27F3N4O4S/c1-23(2)13-24(35,6-4-16(23)21(33)34)22-30-11-18(37-22)17-8-14(12-36-3)9-20(31-17)32-19-10-15(5-7-29-19)25(26,27)28/h5,7-11,16,35H,4,6,12-13H2,1-3H3,(H,33,34)(H,29,31,32)/p-1/t16-,24-/m1/s1. The van der Waals surface area contributed by atoms with Gasteiger partial charge in [-0.2, -0.15) is 13.2 Å². The molecular formula is C25H26F3N4O4S-. The van der Waals surface area contributed by atoms with Gasteiger partial charge in [0.05, 0.1) is 22.7 Å². The number of carbonyl (C=O) groups is 1. The lowest BCUT2D eigenvalue weighted by atomic mass is 9.63. The van der Waals surface area contributed by atoms with Gasteiger partial charge in [-0.25, -0.2) is 15.0 Å². The third kappa shape index (κ3) is 5.91. The van der Waals surface area contributed by atoms with E-state index in [1.165, 1.54) is 18.4 Å². The Hall–Kier alpha value is -3.09. The molecule has 0 bridgehead atoms. The Morgan fingerprint density at radius 3 is 2.68 bits per heavy atom. The van der Waals surface area contributed by atoms with Crippen LogP contribution in [0.15, 0.2) is 36.7 Å². The molecule has 1 saturated carbocycles. The number of thiazole rings is 1. The van der Waals surface area contributed by atoms with E-state index in [-0.39, 0.29) is 37.5 Å². The molecule has 0 unspecified atom stereocenters. The highest BCUT2D eigenvalue weighted by Gasteiger charge is 2.47. The van der Waals surface area contributed by atoms with E-state index in [9.17, 15) is 28.2 Å². The quantitative estimate of drug-likeness (QED) is 0.460. The van der Waals surface area contributed by atoms with Crippen molar-refractivity contribution in [2.24, 2.45) is 11.3 Å². The van der Waals surface area contributed by atoms with Crippen LogP contribution in [0.2, 0.25) is 0 Å². The number of alkyl halides is 3. The number of aliphatic hydroxyl groups is 1. The van der Waals surface area contributed by atoms with Crippen LogP contribution in [-0.2, 0) is 27.9 Å². The number of aromatic nitrogens is 3. The van der Waals surface area contributed by atoms with Crippen LogP contribution >= 0.6 is 11.3 Å². The number of halogens is 3. The molecule has 1 fully saturated rings. The van der Waals surface area contributed by atoms with Crippen molar-refractivity contribution in [1.82, 2.24) is 15.0 Å². The first-order valence-electron chi connectivity index (χ1n) is 11.5. The van der Waals surface area contributed by atoms with Crippen LogP contribution in [0.3, 0.4) is 0 Å². The summed E-state index contributed by atoms with van der Waals surface area (Å²) in [6.45, 7) is 3.82. The Labute approximate surface area is 215 Å². The molecule has 3 aromatic heterocycles. The molecule has 4 rings (SSSR count). The number of nitrogens with zero attached hydrogens (tertiary/aromatic N) is 3. The van der Waals surface area contributed by atoms with Gasteiger partial charge in [0.15, 0.2) is 0 Å². The number of methoxy groups -OCH3 is 1. The number of pyridine rings is 2. The maximum Gasteiger partial charge on any atom is 0.416 e. The summed E-state index contributed by atoms with van der Waals surface area (Å²) in [4.78, 5) is 25.1. The van der Waals surface area contributed by atoms with Gasteiger partial charge in [0, 0.05) is 31.4 Å². The molecule has 1 aliphatic carbocycles. The lowest BCUT2D eigenvalue weighted by molar-refractivity contribution is -0.317. The molecule has 0 saturated heterocycles. The maximum atomic E-state index is 13.1. The average molecular weight is 536 g/mol. The topological polar surface area (TPSA) is 120 Å². The van der Waals surface area contributed by atoms with Gasteiger partial charge in [0.2, 0.25) is 0 Å². The molecular weight excluding hydrogens is 509 g/mol. The van der Waals surface area contributed by atoms with Crippen molar-refractivity contribution in [2.45, 2.75) is 51.5 Å². The van der Waals surface area contributed by atoms with Gasteiger partial charge in [-0.05, 0) is 54.5 Å². The van der Waals surface area contributed by atoms with Gasteiger partial charge in [-0.15, -0.1) is 11.3 Å². The first kappa shape index (κ1) is 27.0. The predicted molar refractivity (Wildman–Crippen MR) is 129 cm³/mol. The number of carboxylic acid groups (broad SMARTS) is 1. The third-order valence-electron chi connectivity index (χ3n) is 6.52. The number of hydrogen-bond donors (Lipinski definition) is 2. The minimum Gasteiger partial charge on any atom is -0.550 e. The second-order valence-electron chi connectivity index (χ2n) is 9.87. The molecule has 2 N–H and O–H groups in total. The van der Waals surface area contributed by atoms with Crippen molar-refractivity contribution < 1.29 is 32.9 Å². The second-order valence-corrected chi connectivity index (χ2v) is 10.9. The largest absolute Gasteiger partial charge is 0.550 e.